The molecule has 3 nitrogen and oxygen atoms in total. The SMILES string of the molecule is CCc1cccc(CC)c1-c1cc(OC(C)C)c(COc2ccc(Cl)c(C(F)(F)F)c2)c(C)n1. The van der Waals surface area contributed by atoms with Gasteiger partial charge in [0.2, 0.25) is 0 Å². The Morgan fingerprint density at radius 3 is 2.21 bits per heavy atom. The molecule has 0 aliphatic carbocycles. The van der Waals surface area contributed by atoms with Crippen molar-refractivity contribution >= 4 is 11.6 Å². The second-order valence-electron chi connectivity index (χ2n) is 8.32. The summed E-state index contributed by atoms with van der Waals surface area (Å²) < 4.78 is 51.5. The van der Waals surface area contributed by atoms with Gasteiger partial charge in [-0.05, 0) is 62.9 Å². The van der Waals surface area contributed by atoms with Crippen LogP contribution in [0.15, 0.2) is 42.5 Å². The van der Waals surface area contributed by atoms with Gasteiger partial charge >= 0.3 is 6.18 Å². The molecule has 0 aliphatic heterocycles. The first kappa shape index (κ1) is 25.9. The largest absolute Gasteiger partial charge is 0.490 e. The number of halogens is 4. The van der Waals surface area contributed by atoms with E-state index in [1.165, 1.54) is 23.3 Å². The first-order chi connectivity index (χ1) is 16.0. The fraction of sp³-hybridized carbons (Fsp3) is 0.370. The van der Waals surface area contributed by atoms with Crippen LogP contribution in [-0.4, -0.2) is 11.1 Å². The quantitative estimate of drug-likeness (QED) is 0.318. The molecule has 3 aromatic rings. The zero-order valence-electron chi connectivity index (χ0n) is 20.0. The van der Waals surface area contributed by atoms with Crippen LogP contribution in [-0.2, 0) is 25.6 Å². The zero-order valence-corrected chi connectivity index (χ0v) is 20.8. The third-order valence-corrected chi connectivity index (χ3v) is 5.86. The molecule has 7 heteroatoms. The Morgan fingerprint density at radius 2 is 1.65 bits per heavy atom. The molecule has 0 saturated carbocycles. The molecular formula is C27H29ClF3NO2. The van der Waals surface area contributed by atoms with Crippen LogP contribution in [0, 0.1) is 6.92 Å². The van der Waals surface area contributed by atoms with Gasteiger partial charge in [0.15, 0.2) is 0 Å². The maximum atomic E-state index is 13.2. The van der Waals surface area contributed by atoms with Crippen LogP contribution in [0.2, 0.25) is 5.02 Å². The molecule has 0 unspecified atom stereocenters. The molecule has 0 aliphatic rings. The number of alkyl halides is 3. The van der Waals surface area contributed by atoms with Crippen molar-refractivity contribution in [3.05, 3.63) is 75.4 Å². The molecule has 0 N–H and O–H groups in total. The second-order valence-corrected chi connectivity index (χ2v) is 8.73. The summed E-state index contributed by atoms with van der Waals surface area (Å²) in [7, 11) is 0. The zero-order chi connectivity index (χ0) is 25.0. The molecule has 3 rings (SSSR count). The molecule has 34 heavy (non-hydrogen) atoms. The summed E-state index contributed by atoms with van der Waals surface area (Å²) in [4.78, 5) is 4.85. The molecule has 182 valence electrons. The lowest BCUT2D eigenvalue weighted by Gasteiger charge is -2.20. The Kier molecular flexibility index (Phi) is 8.13. The van der Waals surface area contributed by atoms with Crippen molar-refractivity contribution in [3.63, 3.8) is 0 Å². The number of ether oxygens (including phenoxy) is 2. The molecule has 1 heterocycles. The van der Waals surface area contributed by atoms with Crippen LogP contribution in [0.5, 0.6) is 11.5 Å². The summed E-state index contributed by atoms with van der Waals surface area (Å²) in [6.07, 6.45) is -2.93. The molecule has 0 saturated heterocycles. The lowest BCUT2D eigenvalue weighted by Crippen LogP contribution is -2.12. The average Bonchev–Trinajstić information content (AvgIpc) is 2.77. The van der Waals surface area contributed by atoms with Crippen LogP contribution >= 0.6 is 11.6 Å². The summed E-state index contributed by atoms with van der Waals surface area (Å²) in [5.74, 6) is 0.677. The Morgan fingerprint density at radius 1 is 1.00 bits per heavy atom. The smallest absolute Gasteiger partial charge is 0.417 e. The Hall–Kier alpha value is -2.73. The van der Waals surface area contributed by atoms with Gasteiger partial charge in [0, 0.05) is 17.3 Å². The Balaban J connectivity index is 2.02. The first-order valence-corrected chi connectivity index (χ1v) is 11.7. The normalized spacial score (nSPS) is 11.7. The third-order valence-electron chi connectivity index (χ3n) is 5.53. The standard InChI is InChI=1S/C27H29ClF3NO2/c1-6-18-9-8-10-19(7-2)26(18)24-14-25(34-16(3)4)21(17(5)32-24)15-33-20-11-12-23(28)22(13-20)27(29,30)31/h8-14,16H,6-7,15H2,1-5H3. The molecule has 0 radical (unpaired) electrons. The van der Waals surface area contributed by atoms with E-state index in [9.17, 15) is 13.2 Å². The summed E-state index contributed by atoms with van der Waals surface area (Å²) in [5, 5.41) is -0.368. The topological polar surface area (TPSA) is 31.4 Å². The molecule has 0 fully saturated rings. The minimum atomic E-state index is -4.56. The highest BCUT2D eigenvalue weighted by molar-refractivity contribution is 6.31. The maximum absolute atomic E-state index is 13.2. The van der Waals surface area contributed by atoms with Gasteiger partial charge in [0.25, 0.3) is 0 Å². The number of nitrogens with zero attached hydrogens (tertiary/aromatic N) is 1. The number of hydrogen-bond acceptors (Lipinski definition) is 3. The predicted octanol–water partition coefficient (Wildman–Crippen LogP) is 8.22. The molecule has 0 spiro atoms. The number of aromatic nitrogens is 1. The summed E-state index contributed by atoms with van der Waals surface area (Å²) in [5.41, 5.74) is 4.78. The first-order valence-electron chi connectivity index (χ1n) is 11.3. The van der Waals surface area contributed by atoms with Gasteiger partial charge in [0.05, 0.1) is 27.9 Å². The van der Waals surface area contributed by atoms with Crippen LogP contribution in [0.4, 0.5) is 13.2 Å². The third kappa shape index (κ3) is 5.84. The van der Waals surface area contributed by atoms with Crippen molar-refractivity contribution < 1.29 is 22.6 Å². The number of benzene rings is 2. The van der Waals surface area contributed by atoms with E-state index in [4.69, 9.17) is 26.1 Å². The van der Waals surface area contributed by atoms with Gasteiger partial charge in [-0.15, -0.1) is 0 Å². The van der Waals surface area contributed by atoms with E-state index in [0.717, 1.165) is 30.2 Å². The lowest BCUT2D eigenvalue weighted by atomic mass is 9.94. The van der Waals surface area contributed by atoms with E-state index < -0.39 is 11.7 Å². The fourth-order valence-electron chi connectivity index (χ4n) is 3.87. The van der Waals surface area contributed by atoms with Crippen LogP contribution in [0.1, 0.15) is 55.6 Å². The highest BCUT2D eigenvalue weighted by atomic mass is 35.5. The Bertz CT molecular complexity index is 1140. The van der Waals surface area contributed by atoms with Gasteiger partial charge in [-0.3, -0.25) is 4.98 Å². The minimum Gasteiger partial charge on any atom is -0.490 e. The van der Waals surface area contributed by atoms with Crippen molar-refractivity contribution in [1.82, 2.24) is 4.98 Å². The number of rotatable bonds is 8. The van der Waals surface area contributed by atoms with E-state index in [2.05, 4.69) is 32.0 Å². The monoisotopic (exact) mass is 491 g/mol. The van der Waals surface area contributed by atoms with E-state index in [1.54, 1.807) is 0 Å². The van der Waals surface area contributed by atoms with E-state index in [0.29, 0.717) is 17.0 Å². The van der Waals surface area contributed by atoms with Crippen molar-refractivity contribution in [2.75, 3.05) is 0 Å². The van der Waals surface area contributed by atoms with E-state index >= 15 is 0 Å². The van der Waals surface area contributed by atoms with Gasteiger partial charge in [-0.25, -0.2) is 0 Å². The molecule has 2 aromatic carbocycles. The van der Waals surface area contributed by atoms with Crippen LogP contribution < -0.4 is 9.47 Å². The number of hydrogen-bond donors (Lipinski definition) is 0. The minimum absolute atomic E-state index is 0.0101. The van der Waals surface area contributed by atoms with Gasteiger partial charge in [0.1, 0.15) is 18.1 Å². The fourth-order valence-corrected chi connectivity index (χ4v) is 4.10. The number of pyridine rings is 1. The van der Waals surface area contributed by atoms with Crippen LogP contribution in [0.25, 0.3) is 11.3 Å². The van der Waals surface area contributed by atoms with Crippen LogP contribution in [0.3, 0.4) is 0 Å². The summed E-state index contributed by atoms with van der Waals surface area (Å²) in [6, 6.07) is 11.7. The average molecular weight is 492 g/mol. The van der Waals surface area contributed by atoms with Gasteiger partial charge in [-0.2, -0.15) is 13.2 Å². The van der Waals surface area contributed by atoms with E-state index in [-0.39, 0.29) is 23.5 Å². The predicted molar refractivity (Wildman–Crippen MR) is 130 cm³/mol. The van der Waals surface area contributed by atoms with Gasteiger partial charge in [-0.1, -0.05) is 43.6 Å². The highest BCUT2D eigenvalue weighted by Gasteiger charge is 2.33. The molecule has 0 atom stereocenters. The molecular weight excluding hydrogens is 463 g/mol. The van der Waals surface area contributed by atoms with Crippen molar-refractivity contribution in [2.24, 2.45) is 0 Å². The molecule has 0 bridgehead atoms. The summed E-state index contributed by atoms with van der Waals surface area (Å²) >= 11 is 5.73. The lowest BCUT2D eigenvalue weighted by molar-refractivity contribution is -0.137. The highest BCUT2D eigenvalue weighted by Crippen LogP contribution is 2.38. The second kappa shape index (κ2) is 10.7. The number of aryl methyl sites for hydroxylation is 3. The van der Waals surface area contributed by atoms with Crippen molar-refractivity contribution in [3.8, 4) is 22.8 Å². The molecule has 1 aromatic heterocycles. The maximum Gasteiger partial charge on any atom is 0.417 e. The van der Waals surface area contributed by atoms with Gasteiger partial charge < -0.3 is 9.47 Å². The van der Waals surface area contributed by atoms with Crippen molar-refractivity contribution in [2.45, 2.75) is 66.3 Å². The Labute approximate surface area is 203 Å². The van der Waals surface area contributed by atoms with Crippen molar-refractivity contribution in [1.29, 1.82) is 0 Å². The summed E-state index contributed by atoms with van der Waals surface area (Å²) in [6.45, 7) is 9.94. The molecule has 0 amide bonds. The van der Waals surface area contributed by atoms with E-state index in [1.807, 2.05) is 26.8 Å².